The zero-order valence-electron chi connectivity index (χ0n) is 11.5. The van der Waals surface area contributed by atoms with Gasteiger partial charge >= 0.3 is 0 Å². The van der Waals surface area contributed by atoms with Crippen molar-refractivity contribution in [2.45, 2.75) is 11.8 Å². The molecule has 0 aromatic heterocycles. The normalized spacial score (nSPS) is 16.8. The van der Waals surface area contributed by atoms with Gasteiger partial charge in [-0.25, -0.2) is 12.8 Å². The Kier molecular flexibility index (Phi) is 4.38. The third-order valence-corrected chi connectivity index (χ3v) is 5.16. The maximum Gasteiger partial charge on any atom is 0.289 e. The molecule has 1 aliphatic heterocycles. The van der Waals surface area contributed by atoms with Crippen LogP contribution in [-0.4, -0.2) is 55.5 Å². The molecule has 1 aliphatic rings. The Balaban J connectivity index is 2.11. The first kappa shape index (κ1) is 15.6. The van der Waals surface area contributed by atoms with Crippen molar-refractivity contribution in [1.82, 2.24) is 9.21 Å². The number of halogens is 1. The molecule has 1 fully saturated rings. The minimum absolute atomic E-state index is 0.0812. The van der Waals surface area contributed by atoms with Gasteiger partial charge < -0.3 is 4.90 Å². The van der Waals surface area contributed by atoms with Crippen molar-refractivity contribution in [3.05, 3.63) is 30.1 Å². The van der Waals surface area contributed by atoms with Crippen molar-refractivity contribution in [1.29, 1.82) is 0 Å². The Morgan fingerprint density at radius 3 is 2.29 bits per heavy atom. The first-order chi connectivity index (χ1) is 9.82. The monoisotopic (exact) mass is 314 g/mol. The molecule has 0 spiro atoms. The molecule has 6 nitrogen and oxygen atoms in total. The van der Waals surface area contributed by atoms with E-state index < -0.39 is 27.5 Å². The zero-order chi connectivity index (χ0) is 15.6. The first-order valence-corrected chi connectivity index (χ1v) is 7.82. The number of ketones is 1. The van der Waals surface area contributed by atoms with Crippen LogP contribution in [0.5, 0.6) is 0 Å². The maximum atomic E-state index is 13.1. The van der Waals surface area contributed by atoms with Crippen LogP contribution in [0.3, 0.4) is 0 Å². The van der Waals surface area contributed by atoms with Crippen LogP contribution in [0.4, 0.5) is 4.39 Å². The molecule has 1 aromatic carbocycles. The van der Waals surface area contributed by atoms with Crippen LogP contribution in [0.2, 0.25) is 0 Å². The number of rotatable bonds is 3. The zero-order valence-corrected chi connectivity index (χ0v) is 12.3. The first-order valence-electron chi connectivity index (χ1n) is 6.38. The topological polar surface area (TPSA) is 74.8 Å². The summed E-state index contributed by atoms with van der Waals surface area (Å²) in [6.45, 7) is 1.63. The molecule has 0 aliphatic carbocycles. The van der Waals surface area contributed by atoms with Gasteiger partial charge in [0.15, 0.2) is 0 Å². The highest BCUT2D eigenvalue weighted by Gasteiger charge is 2.31. The third-order valence-electron chi connectivity index (χ3n) is 3.26. The summed E-state index contributed by atoms with van der Waals surface area (Å²) >= 11 is 0. The average molecular weight is 314 g/mol. The molecule has 1 saturated heterocycles. The van der Waals surface area contributed by atoms with Crippen LogP contribution in [0.1, 0.15) is 6.92 Å². The standard InChI is InChI=1S/C13H15FN2O4S/c1-10(17)13(18)15-5-7-16(8-6-15)21(19,20)12-4-2-3-11(14)9-12/h2-4,9H,5-8H2,1H3. The van der Waals surface area contributed by atoms with Crippen LogP contribution in [-0.2, 0) is 19.6 Å². The Morgan fingerprint density at radius 2 is 1.76 bits per heavy atom. The number of Topliss-reactive ketones (excluding diaryl/α,β-unsaturated/α-hetero) is 1. The van der Waals surface area contributed by atoms with Gasteiger partial charge in [0.2, 0.25) is 15.8 Å². The maximum absolute atomic E-state index is 13.1. The van der Waals surface area contributed by atoms with E-state index in [0.717, 1.165) is 6.07 Å². The number of piperazine rings is 1. The lowest BCUT2D eigenvalue weighted by Gasteiger charge is -2.33. The highest BCUT2D eigenvalue weighted by atomic mass is 32.2. The van der Waals surface area contributed by atoms with Crippen molar-refractivity contribution in [3.63, 3.8) is 0 Å². The van der Waals surface area contributed by atoms with Gasteiger partial charge in [-0.2, -0.15) is 4.31 Å². The fourth-order valence-electron chi connectivity index (χ4n) is 2.13. The van der Waals surface area contributed by atoms with Crippen LogP contribution in [0, 0.1) is 5.82 Å². The summed E-state index contributed by atoms with van der Waals surface area (Å²) in [6.07, 6.45) is 0. The lowest BCUT2D eigenvalue weighted by Crippen LogP contribution is -2.51. The summed E-state index contributed by atoms with van der Waals surface area (Å²) in [5.74, 6) is -1.81. The number of amides is 1. The van der Waals surface area contributed by atoms with Crippen molar-refractivity contribution >= 4 is 21.7 Å². The van der Waals surface area contributed by atoms with Gasteiger partial charge in [-0.05, 0) is 18.2 Å². The van der Waals surface area contributed by atoms with Crippen LogP contribution in [0.25, 0.3) is 0 Å². The number of hydrogen-bond donors (Lipinski definition) is 0. The van der Waals surface area contributed by atoms with E-state index in [2.05, 4.69) is 0 Å². The molecule has 0 bridgehead atoms. The average Bonchev–Trinajstić information content (AvgIpc) is 2.46. The molecule has 0 atom stereocenters. The largest absolute Gasteiger partial charge is 0.333 e. The second-order valence-corrected chi connectivity index (χ2v) is 6.65. The van der Waals surface area contributed by atoms with E-state index >= 15 is 0 Å². The Hall–Kier alpha value is -1.80. The predicted octanol–water partition coefficient (Wildman–Crippen LogP) is 0.248. The second-order valence-electron chi connectivity index (χ2n) is 4.71. The molecule has 0 unspecified atom stereocenters. The molecular weight excluding hydrogens is 299 g/mol. The number of carbonyl (C=O) groups excluding carboxylic acids is 2. The molecule has 114 valence electrons. The lowest BCUT2D eigenvalue weighted by molar-refractivity contribution is -0.144. The molecule has 1 aromatic rings. The minimum Gasteiger partial charge on any atom is -0.333 e. The minimum atomic E-state index is -3.78. The Labute approximate surface area is 122 Å². The van der Waals surface area contributed by atoms with Crippen LogP contribution >= 0.6 is 0 Å². The lowest BCUT2D eigenvalue weighted by atomic mass is 10.3. The highest BCUT2D eigenvalue weighted by molar-refractivity contribution is 7.89. The summed E-state index contributed by atoms with van der Waals surface area (Å²) in [7, 11) is -3.78. The molecule has 1 amide bonds. The van der Waals surface area contributed by atoms with E-state index in [1.54, 1.807) is 0 Å². The van der Waals surface area contributed by atoms with E-state index in [-0.39, 0.29) is 31.1 Å². The third kappa shape index (κ3) is 3.27. The van der Waals surface area contributed by atoms with Gasteiger partial charge in [0.1, 0.15) is 5.82 Å². The van der Waals surface area contributed by atoms with E-state index in [4.69, 9.17) is 0 Å². The van der Waals surface area contributed by atoms with E-state index in [9.17, 15) is 22.4 Å². The van der Waals surface area contributed by atoms with E-state index in [0.29, 0.717) is 0 Å². The fourth-order valence-corrected chi connectivity index (χ4v) is 3.58. The van der Waals surface area contributed by atoms with Gasteiger partial charge in [-0.3, -0.25) is 9.59 Å². The summed E-state index contributed by atoms with van der Waals surface area (Å²) in [4.78, 5) is 23.7. The molecular formula is C13H15FN2O4S. The molecule has 0 radical (unpaired) electrons. The molecule has 1 heterocycles. The Morgan fingerprint density at radius 1 is 1.14 bits per heavy atom. The number of hydrogen-bond acceptors (Lipinski definition) is 4. The Bertz CT molecular complexity index is 667. The van der Waals surface area contributed by atoms with Gasteiger partial charge in [0.05, 0.1) is 4.90 Å². The second kappa shape index (κ2) is 5.90. The molecule has 21 heavy (non-hydrogen) atoms. The van der Waals surface area contributed by atoms with Gasteiger partial charge in [-0.15, -0.1) is 0 Å². The quantitative estimate of drug-likeness (QED) is 0.750. The number of benzene rings is 1. The molecule has 8 heteroatoms. The number of sulfonamides is 1. The highest BCUT2D eigenvalue weighted by Crippen LogP contribution is 2.18. The van der Waals surface area contributed by atoms with E-state index in [1.165, 1.54) is 34.3 Å². The van der Waals surface area contributed by atoms with Crippen LogP contribution in [0.15, 0.2) is 29.2 Å². The van der Waals surface area contributed by atoms with Crippen molar-refractivity contribution in [2.24, 2.45) is 0 Å². The predicted molar refractivity (Wildman–Crippen MR) is 72.4 cm³/mol. The molecule has 0 saturated carbocycles. The van der Waals surface area contributed by atoms with Crippen molar-refractivity contribution in [2.75, 3.05) is 26.2 Å². The van der Waals surface area contributed by atoms with Crippen molar-refractivity contribution in [3.8, 4) is 0 Å². The van der Waals surface area contributed by atoms with Gasteiger partial charge in [0.25, 0.3) is 5.91 Å². The summed E-state index contributed by atoms with van der Waals surface area (Å²) in [5.41, 5.74) is 0. The van der Waals surface area contributed by atoms with E-state index in [1.807, 2.05) is 0 Å². The smallest absolute Gasteiger partial charge is 0.289 e. The summed E-state index contributed by atoms with van der Waals surface area (Å²) in [5, 5.41) is 0. The summed E-state index contributed by atoms with van der Waals surface area (Å²) in [6, 6.07) is 4.79. The van der Waals surface area contributed by atoms with Crippen molar-refractivity contribution < 1.29 is 22.4 Å². The van der Waals surface area contributed by atoms with Gasteiger partial charge in [0, 0.05) is 33.1 Å². The van der Waals surface area contributed by atoms with Crippen LogP contribution < -0.4 is 0 Å². The SMILES string of the molecule is CC(=O)C(=O)N1CCN(S(=O)(=O)c2cccc(F)c2)CC1. The molecule has 0 N–H and O–H groups in total. The number of carbonyl (C=O) groups is 2. The van der Waals surface area contributed by atoms with Gasteiger partial charge in [-0.1, -0.05) is 6.07 Å². The molecule has 2 rings (SSSR count). The fraction of sp³-hybridized carbons (Fsp3) is 0.385. The summed E-state index contributed by atoms with van der Waals surface area (Å²) < 4.78 is 39.0. The number of nitrogens with zero attached hydrogens (tertiary/aromatic N) is 2.